The largest absolute Gasteiger partial charge is 0.357 e. The zero-order valence-corrected chi connectivity index (χ0v) is 16.6. The van der Waals surface area contributed by atoms with E-state index in [-0.39, 0.29) is 17.4 Å². The van der Waals surface area contributed by atoms with Gasteiger partial charge in [0.25, 0.3) is 0 Å². The number of guanidine groups is 1. The van der Waals surface area contributed by atoms with Crippen molar-refractivity contribution in [2.45, 2.75) is 44.1 Å². The van der Waals surface area contributed by atoms with E-state index in [0.29, 0.717) is 6.42 Å². The fourth-order valence-corrected chi connectivity index (χ4v) is 4.13. The predicted octanol–water partition coefficient (Wildman–Crippen LogP) is 2.66. The highest BCUT2D eigenvalue weighted by Crippen LogP contribution is 2.50. The van der Waals surface area contributed by atoms with Crippen molar-refractivity contribution in [3.05, 3.63) is 34.3 Å². The van der Waals surface area contributed by atoms with Crippen LogP contribution >= 0.6 is 15.9 Å². The molecule has 1 heterocycles. The van der Waals surface area contributed by atoms with Crippen LogP contribution in [0, 0.1) is 0 Å². The number of benzene rings is 1. The number of likely N-dealkylation sites (N-methyl/N-ethyl adjacent to an activating group) is 1. The Bertz CT molecular complexity index is 657. The van der Waals surface area contributed by atoms with Crippen LogP contribution < -0.4 is 10.6 Å². The molecule has 1 saturated carbocycles. The quantitative estimate of drug-likeness (QED) is 0.583. The summed E-state index contributed by atoms with van der Waals surface area (Å²) in [5.74, 6) is 1.08. The van der Waals surface area contributed by atoms with Crippen LogP contribution in [-0.4, -0.2) is 49.5 Å². The number of halogens is 1. The molecular weight excluding hydrogens is 380 g/mol. The summed E-state index contributed by atoms with van der Waals surface area (Å²) in [6, 6.07) is 8.73. The van der Waals surface area contributed by atoms with Gasteiger partial charge in [0.05, 0.1) is 6.54 Å². The van der Waals surface area contributed by atoms with Crippen molar-refractivity contribution in [1.82, 2.24) is 15.5 Å². The zero-order valence-electron chi connectivity index (χ0n) is 15.0. The molecule has 1 aliphatic heterocycles. The van der Waals surface area contributed by atoms with Gasteiger partial charge >= 0.3 is 0 Å². The first-order valence-electron chi connectivity index (χ1n) is 9.08. The van der Waals surface area contributed by atoms with E-state index < -0.39 is 0 Å². The molecule has 25 heavy (non-hydrogen) atoms. The minimum absolute atomic E-state index is 0.168. The Morgan fingerprint density at radius 1 is 1.40 bits per heavy atom. The molecule has 1 unspecified atom stereocenters. The van der Waals surface area contributed by atoms with Gasteiger partial charge in [0.15, 0.2) is 5.96 Å². The molecule has 0 aromatic heterocycles. The molecule has 3 rings (SSSR count). The maximum Gasteiger partial charge on any atom is 0.222 e. The highest BCUT2D eigenvalue weighted by Gasteiger charge is 2.45. The van der Waals surface area contributed by atoms with Crippen LogP contribution in [0.3, 0.4) is 0 Å². The average Bonchev–Trinajstić information content (AvgIpc) is 3.38. The topological polar surface area (TPSA) is 56.7 Å². The van der Waals surface area contributed by atoms with Crippen molar-refractivity contribution >= 4 is 27.8 Å². The first-order chi connectivity index (χ1) is 12.0. The molecule has 6 heteroatoms. The van der Waals surface area contributed by atoms with Crippen LogP contribution in [0.2, 0.25) is 0 Å². The van der Waals surface area contributed by atoms with Gasteiger partial charge in [-0.3, -0.25) is 9.79 Å². The number of aliphatic imine (C=N–C) groups is 1. The Morgan fingerprint density at radius 2 is 2.16 bits per heavy atom. The van der Waals surface area contributed by atoms with Crippen molar-refractivity contribution in [1.29, 1.82) is 0 Å². The molecule has 1 aromatic rings. The second-order valence-corrected chi connectivity index (χ2v) is 7.96. The second-order valence-electron chi connectivity index (χ2n) is 7.11. The van der Waals surface area contributed by atoms with Gasteiger partial charge in [0.1, 0.15) is 0 Å². The molecular formula is C19H27BrN4O. The first kappa shape index (κ1) is 18.2. The Kier molecular flexibility index (Phi) is 5.67. The molecule has 1 atom stereocenters. The molecule has 2 fully saturated rings. The van der Waals surface area contributed by atoms with E-state index in [4.69, 9.17) is 4.99 Å². The molecule has 1 saturated heterocycles. The van der Waals surface area contributed by atoms with E-state index in [1.165, 1.54) is 22.9 Å². The van der Waals surface area contributed by atoms with Crippen molar-refractivity contribution in [3.63, 3.8) is 0 Å². The van der Waals surface area contributed by atoms with E-state index in [9.17, 15) is 4.79 Å². The van der Waals surface area contributed by atoms with E-state index >= 15 is 0 Å². The fraction of sp³-hybridized carbons (Fsp3) is 0.579. The highest BCUT2D eigenvalue weighted by atomic mass is 79.9. The Balaban J connectivity index is 1.66. The lowest BCUT2D eigenvalue weighted by Gasteiger charge is -2.31. The molecule has 1 aliphatic carbocycles. The number of piperidine rings is 1. The van der Waals surface area contributed by atoms with Crippen LogP contribution in [0.5, 0.6) is 0 Å². The summed E-state index contributed by atoms with van der Waals surface area (Å²) >= 11 is 3.68. The lowest BCUT2D eigenvalue weighted by molar-refractivity contribution is -0.132. The molecule has 0 spiro atoms. The maximum absolute atomic E-state index is 11.7. The van der Waals surface area contributed by atoms with E-state index in [0.717, 1.165) is 32.0 Å². The number of rotatable bonds is 5. The molecule has 1 amide bonds. The van der Waals surface area contributed by atoms with Crippen molar-refractivity contribution < 1.29 is 4.79 Å². The van der Waals surface area contributed by atoms with Crippen LogP contribution in [-0.2, 0) is 10.2 Å². The van der Waals surface area contributed by atoms with Crippen LogP contribution in [0.25, 0.3) is 0 Å². The van der Waals surface area contributed by atoms with Crippen LogP contribution in [0.4, 0.5) is 0 Å². The van der Waals surface area contributed by atoms with Crippen LogP contribution in [0.15, 0.2) is 33.7 Å². The number of nitrogens with zero attached hydrogens (tertiary/aromatic N) is 2. The summed E-state index contributed by atoms with van der Waals surface area (Å²) < 4.78 is 1.17. The van der Waals surface area contributed by atoms with Gasteiger partial charge < -0.3 is 15.5 Å². The minimum atomic E-state index is 0.168. The summed E-state index contributed by atoms with van der Waals surface area (Å²) in [7, 11) is 1.87. The molecule has 1 aromatic carbocycles. The standard InChI is InChI=1S/C19H27BrN4O/c1-3-21-18(23-14-8-9-17(25)24(2)12-14)22-13-19(10-11-19)15-6-4-5-7-16(15)20/h4-7,14H,3,8-13H2,1-2H3,(H2,21,22,23). The Hall–Kier alpha value is -1.56. The van der Waals surface area contributed by atoms with E-state index in [1.807, 2.05) is 7.05 Å². The van der Waals surface area contributed by atoms with Crippen molar-refractivity contribution in [2.24, 2.45) is 4.99 Å². The summed E-state index contributed by atoms with van der Waals surface area (Å²) in [6.07, 6.45) is 3.83. The van der Waals surface area contributed by atoms with Crippen molar-refractivity contribution in [2.75, 3.05) is 26.7 Å². The summed E-state index contributed by atoms with van der Waals surface area (Å²) in [6.45, 7) is 4.43. The molecule has 2 N–H and O–H groups in total. The lowest BCUT2D eigenvalue weighted by Crippen LogP contribution is -2.51. The minimum Gasteiger partial charge on any atom is -0.357 e. The van der Waals surface area contributed by atoms with Gasteiger partial charge in [-0.1, -0.05) is 34.1 Å². The van der Waals surface area contributed by atoms with Gasteiger partial charge in [-0.05, 0) is 37.8 Å². The number of carbonyl (C=O) groups is 1. The fourth-order valence-electron chi connectivity index (χ4n) is 3.43. The Labute approximate surface area is 158 Å². The van der Waals surface area contributed by atoms with Gasteiger partial charge in [0, 0.05) is 42.5 Å². The number of amides is 1. The van der Waals surface area contributed by atoms with Gasteiger partial charge in [0.2, 0.25) is 5.91 Å². The normalized spacial score (nSPS) is 22.7. The number of hydrogen-bond acceptors (Lipinski definition) is 2. The summed E-state index contributed by atoms with van der Waals surface area (Å²) in [4.78, 5) is 18.3. The summed E-state index contributed by atoms with van der Waals surface area (Å²) in [5, 5.41) is 6.85. The average molecular weight is 407 g/mol. The van der Waals surface area contributed by atoms with Gasteiger partial charge in [-0.15, -0.1) is 0 Å². The van der Waals surface area contributed by atoms with E-state index in [1.54, 1.807) is 4.90 Å². The molecule has 5 nitrogen and oxygen atoms in total. The molecule has 0 bridgehead atoms. The van der Waals surface area contributed by atoms with Crippen molar-refractivity contribution in [3.8, 4) is 0 Å². The van der Waals surface area contributed by atoms with Gasteiger partial charge in [-0.25, -0.2) is 0 Å². The molecule has 2 aliphatic rings. The van der Waals surface area contributed by atoms with Crippen LogP contribution in [0.1, 0.15) is 38.2 Å². The predicted molar refractivity (Wildman–Crippen MR) is 105 cm³/mol. The highest BCUT2D eigenvalue weighted by molar-refractivity contribution is 9.10. The SMILES string of the molecule is CCNC(=NCC1(c2ccccc2Br)CC1)NC1CCC(=O)N(C)C1. The smallest absolute Gasteiger partial charge is 0.222 e. The zero-order chi connectivity index (χ0) is 17.9. The maximum atomic E-state index is 11.7. The third-order valence-electron chi connectivity index (χ3n) is 5.15. The third kappa shape index (κ3) is 4.35. The molecule has 0 radical (unpaired) electrons. The molecule has 136 valence electrons. The summed E-state index contributed by atoms with van der Waals surface area (Å²) in [5.41, 5.74) is 1.53. The van der Waals surface area contributed by atoms with E-state index in [2.05, 4.69) is 57.8 Å². The monoisotopic (exact) mass is 406 g/mol. The second kappa shape index (κ2) is 7.77. The number of carbonyl (C=O) groups excluding carboxylic acids is 1. The number of likely N-dealkylation sites (tertiary alicyclic amines) is 1. The van der Waals surface area contributed by atoms with Gasteiger partial charge in [-0.2, -0.15) is 0 Å². The lowest BCUT2D eigenvalue weighted by atomic mass is 9.96. The Morgan fingerprint density at radius 3 is 2.80 bits per heavy atom. The number of nitrogens with one attached hydrogen (secondary N) is 2. The first-order valence-corrected chi connectivity index (χ1v) is 9.87. The number of hydrogen-bond donors (Lipinski definition) is 2. The third-order valence-corrected chi connectivity index (χ3v) is 5.84.